The number of rotatable bonds is 5. The molecular formula is C22H26N2O2. The van der Waals surface area contributed by atoms with Gasteiger partial charge in [0.2, 0.25) is 5.91 Å². The number of piperidine rings is 1. The molecule has 4 rings (SSSR count). The maximum Gasteiger partial charge on any atom is 0.235 e. The summed E-state index contributed by atoms with van der Waals surface area (Å²) in [5.41, 5.74) is 2.81. The average molecular weight is 350 g/mol. The van der Waals surface area contributed by atoms with Gasteiger partial charge in [0.15, 0.2) is 0 Å². The number of ether oxygens (including phenoxy) is 1. The number of hydrogen-bond donors (Lipinski definition) is 1. The quantitative estimate of drug-likeness (QED) is 0.871. The van der Waals surface area contributed by atoms with Crippen LogP contribution in [0.5, 0.6) is 5.75 Å². The van der Waals surface area contributed by atoms with Crippen LogP contribution in [0.2, 0.25) is 0 Å². The van der Waals surface area contributed by atoms with Gasteiger partial charge in [-0.3, -0.25) is 4.79 Å². The smallest absolute Gasteiger partial charge is 0.235 e. The maximum absolute atomic E-state index is 12.9. The first-order valence-corrected chi connectivity index (χ1v) is 9.52. The molecule has 0 unspecified atom stereocenters. The minimum atomic E-state index is -0.377. The summed E-state index contributed by atoms with van der Waals surface area (Å²) in [7, 11) is 1.65. The van der Waals surface area contributed by atoms with E-state index < -0.39 is 0 Å². The molecule has 2 aliphatic rings. The lowest BCUT2D eigenvalue weighted by Crippen LogP contribution is -2.29. The van der Waals surface area contributed by atoms with Crippen LogP contribution in [-0.4, -0.2) is 26.1 Å². The number of carbonyl (C=O) groups is 1. The van der Waals surface area contributed by atoms with E-state index in [1.54, 1.807) is 7.11 Å². The monoisotopic (exact) mass is 350 g/mol. The normalized spacial score (nSPS) is 18.3. The minimum absolute atomic E-state index is 0.0911. The van der Waals surface area contributed by atoms with Crippen LogP contribution in [0.25, 0.3) is 0 Å². The van der Waals surface area contributed by atoms with Crippen molar-refractivity contribution >= 4 is 17.3 Å². The Morgan fingerprint density at radius 2 is 1.62 bits per heavy atom. The van der Waals surface area contributed by atoms with E-state index in [0.29, 0.717) is 0 Å². The highest BCUT2D eigenvalue weighted by Crippen LogP contribution is 2.49. The lowest BCUT2D eigenvalue weighted by Gasteiger charge is -2.29. The molecule has 2 aromatic rings. The average Bonchev–Trinajstić information content (AvgIpc) is 3.51. The summed E-state index contributed by atoms with van der Waals surface area (Å²) in [5.74, 6) is 0.909. The van der Waals surface area contributed by atoms with E-state index in [0.717, 1.165) is 42.9 Å². The van der Waals surface area contributed by atoms with Crippen LogP contribution in [0, 0.1) is 0 Å². The maximum atomic E-state index is 12.9. The highest BCUT2D eigenvalue weighted by atomic mass is 16.5. The van der Waals surface area contributed by atoms with Gasteiger partial charge in [-0.1, -0.05) is 12.1 Å². The molecule has 2 aromatic carbocycles. The predicted octanol–water partition coefficient (Wildman–Crippen LogP) is 4.36. The molecule has 1 saturated carbocycles. The second kappa shape index (κ2) is 7.02. The zero-order valence-corrected chi connectivity index (χ0v) is 15.3. The minimum Gasteiger partial charge on any atom is -0.497 e. The Morgan fingerprint density at radius 3 is 2.19 bits per heavy atom. The van der Waals surface area contributed by atoms with Crippen LogP contribution >= 0.6 is 0 Å². The SMILES string of the molecule is COc1ccc(C2(C(=O)Nc3ccc(N4CCCCC4)cc3)CC2)cc1. The highest BCUT2D eigenvalue weighted by molar-refractivity contribution is 6.01. The van der Waals surface area contributed by atoms with E-state index in [2.05, 4.69) is 22.3 Å². The Hall–Kier alpha value is -2.49. The fourth-order valence-corrected chi connectivity index (χ4v) is 3.84. The van der Waals surface area contributed by atoms with Gasteiger partial charge in [-0.15, -0.1) is 0 Å². The third-order valence-electron chi connectivity index (χ3n) is 5.67. The van der Waals surface area contributed by atoms with Crippen molar-refractivity contribution < 1.29 is 9.53 Å². The Labute approximate surface area is 155 Å². The number of nitrogens with zero attached hydrogens (tertiary/aromatic N) is 1. The van der Waals surface area contributed by atoms with E-state index in [-0.39, 0.29) is 11.3 Å². The van der Waals surface area contributed by atoms with Crippen LogP contribution in [-0.2, 0) is 10.2 Å². The highest BCUT2D eigenvalue weighted by Gasteiger charge is 2.51. The van der Waals surface area contributed by atoms with Crippen molar-refractivity contribution in [2.24, 2.45) is 0 Å². The third kappa shape index (κ3) is 3.28. The topological polar surface area (TPSA) is 41.6 Å². The molecule has 1 aliphatic heterocycles. The number of amides is 1. The Bertz CT molecular complexity index is 758. The van der Waals surface area contributed by atoms with E-state index in [1.165, 1.54) is 24.9 Å². The zero-order chi connectivity index (χ0) is 18.0. The predicted molar refractivity (Wildman–Crippen MR) is 105 cm³/mol. The van der Waals surface area contributed by atoms with Gasteiger partial charge in [0.05, 0.1) is 12.5 Å². The standard InChI is InChI=1S/C22H26N2O2/c1-26-20-11-5-17(6-12-20)22(13-14-22)21(25)23-18-7-9-19(10-8-18)24-15-3-2-4-16-24/h5-12H,2-4,13-16H2,1H3,(H,23,25). The lowest BCUT2D eigenvalue weighted by molar-refractivity contribution is -0.118. The van der Waals surface area contributed by atoms with Gasteiger partial charge in [-0.2, -0.15) is 0 Å². The molecule has 1 aliphatic carbocycles. The molecule has 1 heterocycles. The van der Waals surface area contributed by atoms with Crippen molar-refractivity contribution in [3.8, 4) is 5.75 Å². The molecular weight excluding hydrogens is 324 g/mol. The Morgan fingerprint density at radius 1 is 0.962 bits per heavy atom. The third-order valence-corrected chi connectivity index (χ3v) is 5.67. The molecule has 1 saturated heterocycles. The van der Waals surface area contributed by atoms with Crippen LogP contribution in [0.4, 0.5) is 11.4 Å². The summed E-state index contributed by atoms with van der Waals surface area (Å²) >= 11 is 0. The molecule has 0 aromatic heterocycles. The lowest BCUT2D eigenvalue weighted by atomic mass is 9.94. The van der Waals surface area contributed by atoms with Gasteiger partial charge in [0.1, 0.15) is 5.75 Å². The molecule has 0 bridgehead atoms. The van der Waals surface area contributed by atoms with Crippen LogP contribution in [0.15, 0.2) is 48.5 Å². The second-order valence-corrected chi connectivity index (χ2v) is 7.36. The van der Waals surface area contributed by atoms with E-state index in [1.807, 2.05) is 36.4 Å². The van der Waals surface area contributed by atoms with Gasteiger partial charge in [0, 0.05) is 24.5 Å². The number of nitrogens with one attached hydrogen (secondary N) is 1. The summed E-state index contributed by atoms with van der Waals surface area (Å²) in [5, 5.41) is 3.11. The van der Waals surface area contributed by atoms with Gasteiger partial charge in [-0.05, 0) is 74.1 Å². The second-order valence-electron chi connectivity index (χ2n) is 7.36. The van der Waals surface area contributed by atoms with Gasteiger partial charge in [0.25, 0.3) is 0 Å². The summed E-state index contributed by atoms with van der Waals surface area (Å²) in [4.78, 5) is 15.3. The van der Waals surface area contributed by atoms with E-state index in [9.17, 15) is 4.79 Å². The van der Waals surface area contributed by atoms with Crippen LogP contribution < -0.4 is 15.0 Å². The first-order valence-electron chi connectivity index (χ1n) is 9.52. The number of hydrogen-bond acceptors (Lipinski definition) is 3. The molecule has 1 N–H and O–H groups in total. The summed E-state index contributed by atoms with van der Waals surface area (Å²) in [6.07, 6.45) is 5.66. The van der Waals surface area contributed by atoms with Crippen molar-refractivity contribution in [1.29, 1.82) is 0 Å². The molecule has 1 amide bonds. The van der Waals surface area contributed by atoms with E-state index in [4.69, 9.17) is 4.74 Å². The van der Waals surface area contributed by atoms with E-state index >= 15 is 0 Å². The van der Waals surface area contributed by atoms with Crippen molar-refractivity contribution in [3.63, 3.8) is 0 Å². The Balaban J connectivity index is 1.44. The van der Waals surface area contributed by atoms with Crippen LogP contribution in [0.1, 0.15) is 37.7 Å². The number of carbonyl (C=O) groups excluding carboxylic acids is 1. The van der Waals surface area contributed by atoms with Gasteiger partial charge in [-0.25, -0.2) is 0 Å². The molecule has 26 heavy (non-hydrogen) atoms. The molecule has 0 spiro atoms. The molecule has 2 fully saturated rings. The largest absolute Gasteiger partial charge is 0.497 e. The molecule has 4 nitrogen and oxygen atoms in total. The first-order chi connectivity index (χ1) is 12.7. The summed E-state index contributed by atoms with van der Waals surface area (Å²) in [6.45, 7) is 2.26. The molecule has 136 valence electrons. The Kier molecular flexibility index (Phi) is 4.58. The molecule has 0 atom stereocenters. The first kappa shape index (κ1) is 17.0. The summed E-state index contributed by atoms with van der Waals surface area (Å²) < 4.78 is 5.22. The fraction of sp³-hybridized carbons (Fsp3) is 0.409. The zero-order valence-electron chi connectivity index (χ0n) is 15.3. The van der Waals surface area contributed by atoms with Crippen molar-refractivity contribution in [2.75, 3.05) is 30.4 Å². The van der Waals surface area contributed by atoms with Gasteiger partial charge >= 0.3 is 0 Å². The molecule has 4 heteroatoms. The van der Waals surface area contributed by atoms with Gasteiger partial charge < -0.3 is 15.0 Å². The number of anilines is 2. The van der Waals surface area contributed by atoms with Crippen molar-refractivity contribution in [3.05, 3.63) is 54.1 Å². The van der Waals surface area contributed by atoms with Crippen molar-refractivity contribution in [1.82, 2.24) is 0 Å². The van der Waals surface area contributed by atoms with Crippen LogP contribution in [0.3, 0.4) is 0 Å². The number of methoxy groups -OCH3 is 1. The molecule has 0 radical (unpaired) electrons. The number of benzene rings is 2. The van der Waals surface area contributed by atoms with Crippen molar-refractivity contribution in [2.45, 2.75) is 37.5 Å². The summed E-state index contributed by atoms with van der Waals surface area (Å²) in [6, 6.07) is 16.1. The fourth-order valence-electron chi connectivity index (χ4n) is 3.84.